The van der Waals surface area contributed by atoms with Crippen molar-refractivity contribution in [3.05, 3.63) is 0 Å². The molecule has 1 saturated carbocycles. The molecule has 0 unspecified atom stereocenters. The molecule has 0 saturated heterocycles. The molecule has 1 aliphatic carbocycles. The molecule has 0 aliphatic heterocycles. The molecular formula is C8H15ClO. The third-order valence-electron chi connectivity index (χ3n) is 2.46. The molecule has 0 aromatic heterocycles. The van der Waals surface area contributed by atoms with Crippen LogP contribution in [0, 0.1) is 11.3 Å². The van der Waals surface area contributed by atoms with Crippen LogP contribution in [-0.2, 0) is 0 Å². The quantitative estimate of drug-likeness (QED) is 0.585. The van der Waals surface area contributed by atoms with E-state index in [1.807, 2.05) is 13.8 Å². The minimum atomic E-state index is -0.615. The van der Waals surface area contributed by atoms with Gasteiger partial charge < -0.3 is 5.11 Å². The van der Waals surface area contributed by atoms with Gasteiger partial charge in [-0.25, -0.2) is 0 Å². The van der Waals surface area contributed by atoms with E-state index in [1.54, 1.807) is 0 Å². The van der Waals surface area contributed by atoms with Crippen molar-refractivity contribution >= 4 is 11.6 Å². The number of halogens is 1. The Labute approximate surface area is 67.4 Å². The largest absolute Gasteiger partial charge is 0.390 e. The Balaban J connectivity index is 2.66. The third-order valence-corrected chi connectivity index (χ3v) is 3.27. The van der Waals surface area contributed by atoms with Gasteiger partial charge in [0.2, 0.25) is 0 Å². The normalized spacial score (nSPS) is 37.8. The van der Waals surface area contributed by atoms with Gasteiger partial charge in [-0.05, 0) is 19.3 Å². The van der Waals surface area contributed by atoms with E-state index in [0.29, 0.717) is 0 Å². The van der Waals surface area contributed by atoms with Crippen molar-refractivity contribution in [1.29, 1.82) is 0 Å². The minimum absolute atomic E-state index is 0.125. The molecule has 60 valence electrons. The lowest BCUT2D eigenvalue weighted by molar-refractivity contribution is 0.0446. The average Bonchev–Trinajstić information content (AvgIpc) is 2.03. The van der Waals surface area contributed by atoms with Crippen molar-refractivity contribution in [3.8, 4) is 0 Å². The molecule has 1 nitrogen and oxygen atoms in total. The molecular weight excluding hydrogens is 148 g/mol. The lowest BCUT2D eigenvalue weighted by Gasteiger charge is -2.18. The van der Waals surface area contributed by atoms with Crippen LogP contribution in [0.25, 0.3) is 0 Å². The molecule has 0 spiro atoms. The fraction of sp³-hybridized carbons (Fsp3) is 1.00. The van der Waals surface area contributed by atoms with Gasteiger partial charge in [-0.1, -0.05) is 13.8 Å². The third kappa shape index (κ3) is 1.06. The summed E-state index contributed by atoms with van der Waals surface area (Å²) in [6, 6.07) is 0. The Kier molecular flexibility index (Phi) is 1.58. The van der Waals surface area contributed by atoms with Crippen molar-refractivity contribution in [3.63, 3.8) is 0 Å². The standard InChI is InChI=1S/C8H15ClO/c1-7(2)5(6(7)9)8(3,4)10/h5-6,10H,1-4H3/t5-,6+/m1/s1. The Bertz CT molecular complexity index is 136. The summed E-state index contributed by atoms with van der Waals surface area (Å²) in [5.41, 5.74) is -0.490. The Morgan fingerprint density at radius 1 is 1.40 bits per heavy atom. The SMILES string of the molecule is CC(C)(O)[C@@H]1[C@H](Cl)C1(C)C. The summed E-state index contributed by atoms with van der Waals surface area (Å²) in [7, 11) is 0. The van der Waals surface area contributed by atoms with Gasteiger partial charge in [-0.2, -0.15) is 0 Å². The molecule has 1 N–H and O–H groups in total. The number of hydrogen-bond donors (Lipinski definition) is 1. The molecule has 2 atom stereocenters. The Hall–Kier alpha value is 0.250. The second-order valence-electron chi connectivity index (χ2n) is 4.35. The average molecular weight is 163 g/mol. The predicted molar refractivity (Wildman–Crippen MR) is 43.2 cm³/mol. The molecule has 1 fully saturated rings. The molecule has 0 radical (unpaired) electrons. The van der Waals surface area contributed by atoms with Crippen LogP contribution in [0.3, 0.4) is 0 Å². The maximum Gasteiger partial charge on any atom is 0.0639 e. The first kappa shape index (κ1) is 8.35. The highest BCUT2D eigenvalue weighted by molar-refractivity contribution is 6.23. The van der Waals surface area contributed by atoms with E-state index >= 15 is 0 Å². The van der Waals surface area contributed by atoms with Gasteiger partial charge in [-0.3, -0.25) is 0 Å². The maximum atomic E-state index is 9.58. The number of hydrogen-bond acceptors (Lipinski definition) is 1. The lowest BCUT2D eigenvalue weighted by Crippen LogP contribution is -2.24. The first-order valence-electron chi connectivity index (χ1n) is 3.64. The highest BCUT2D eigenvalue weighted by Gasteiger charge is 2.62. The summed E-state index contributed by atoms with van der Waals surface area (Å²) in [4.78, 5) is 0. The maximum absolute atomic E-state index is 9.58. The molecule has 1 rings (SSSR count). The van der Waals surface area contributed by atoms with Crippen LogP contribution in [0.2, 0.25) is 0 Å². The molecule has 0 aromatic carbocycles. The van der Waals surface area contributed by atoms with Crippen LogP contribution in [-0.4, -0.2) is 16.1 Å². The Morgan fingerprint density at radius 2 is 1.70 bits per heavy atom. The first-order chi connectivity index (χ1) is 4.28. The zero-order valence-corrected chi connectivity index (χ0v) is 7.74. The molecule has 0 heterocycles. The van der Waals surface area contributed by atoms with E-state index in [1.165, 1.54) is 0 Å². The topological polar surface area (TPSA) is 20.2 Å². The number of alkyl halides is 1. The van der Waals surface area contributed by atoms with Crippen LogP contribution >= 0.6 is 11.6 Å². The van der Waals surface area contributed by atoms with Crippen LogP contribution in [0.5, 0.6) is 0 Å². The minimum Gasteiger partial charge on any atom is -0.390 e. The summed E-state index contributed by atoms with van der Waals surface area (Å²) < 4.78 is 0. The van der Waals surface area contributed by atoms with Crippen molar-refractivity contribution < 1.29 is 5.11 Å². The lowest BCUT2D eigenvalue weighted by atomic mass is 9.97. The van der Waals surface area contributed by atoms with Gasteiger partial charge in [0.15, 0.2) is 0 Å². The monoisotopic (exact) mass is 162 g/mol. The summed E-state index contributed by atoms with van der Waals surface area (Å²) in [6.45, 7) is 7.82. The number of rotatable bonds is 1. The van der Waals surface area contributed by atoms with Gasteiger partial charge in [0.1, 0.15) is 0 Å². The molecule has 2 heteroatoms. The fourth-order valence-corrected chi connectivity index (χ4v) is 2.54. The van der Waals surface area contributed by atoms with E-state index in [0.717, 1.165) is 0 Å². The van der Waals surface area contributed by atoms with Gasteiger partial charge in [0, 0.05) is 11.3 Å². The van der Waals surface area contributed by atoms with E-state index in [9.17, 15) is 5.11 Å². The van der Waals surface area contributed by atoms with E-state index in [4.69, 9.17) is 11.6 Å². The molecule has 10 heavy (non-hydrogen) atoms. The zero-order chi connectivity index (χ0) is 8.15. The first-order valence-corrected chi connectivity index (χ1v) is 4.08. The summed E-state index contributed by atoms with van der Waals surface area (Å²) in [5, 5.41) is 9.72. The van der Waals surface area contributed by atoms with E-state index in [-0.39, 0.29) is 16.7 Å². The highest BCUT2D eigenvalue weighted by atomic mass is 35.5. The van der Waals surface area contributed by atoms with Crippen molar-refractivity contribution in [2.45, 2.75) is 38.7 Å². The van der Waals surface area contributed by atoms with E-state index < -0.39 is 5.60 Å². The van der Waals surface area contributed by atoms with Crippen molar-refractivity contribution in [2.75, 3.05) is 0 Å². The van der Waals surface area contributed by atoms with E-state index in [2.05, 4.69) is 13.8 Å². The molecule has 0 bridgehead atoms. The molecule has 1 aliphatic rings. The van der Waals surface area contributed by atoms with Gasteiger partial charge >= 0.3 is 0 Å². The second kappa shape index (κ2) is 1.89. The summed E-state index contributed by atoms with van der Waals surface area (Å²) >= 11 is 5.97. The summed E-state index contributed by atoms with van der Waals surface area (Å²) in [6.07, 6.45) is 0. The number of aliphatic hydroxyl groups is 1. The van der Waals surface area contributed by atoms with Crippen molar-refractivity contribution in [2.24, 2.45) is 11.3 Å². The fourth-order valence-electron chi connectivity index (χ4n) is 1.84. The zero-order valence-electron chi connectivity index (χ0n) is 6.98. The molecule has 0 amide bonds. The van der Waals surface area contributed by atoms with Crippen LogP contribution in [0.15, 0.2) is 0 Å². The molecule has 0 aromatic rings. The van der Waals surface area contributed by atoms with Gasteiger partial charge in [-0.15, -0.1) is 11.6 Å². The summed E-state index contributed by atoms with van der Waals surface area (Å²) in [5.74, 6) is 0.252. The van der Waals surface area contributed by atoms with Crippen LogP contribution in [0.4, 0.5) is 0 Å². The highest BCUT2D eigenvalue weighted by Crippen LogP contribution is 2.60. The second-order valence-corrected chi connectivity index (χ2v) is 4.82. The van der Waals surface area contributed by atoms with Crippen LogP contribution in [0.1, 0.15) is 27.7 Å². The predicted octanol–water partition coefficient (Wildman–Crippen LogP) is 2.02. The smallest absolute Gasteiger partial charge is 0.0639 e. The van der Waals surface area contributed by atoms with Crippen molar-refractivity contribution in [1.82, 2.24) is 0 Å². The van der Waals surface area contributed by atoms with Gasteiger partial charge in [0.25, 0.3) is 0 Å². The van der Waals surface area contributed by atoms with Gasteiger partial charge in [0.05, 0.1) is 5.60 Å². The van der Waals surface area contributed by atoms with Crippen LogP contribution < -0.4 is 0 Å². The Morgan fingerprint density at radius 3 is 1.70 bits per heavy atom.